The van der Waals surface area contributed by atoms with Crippen LogP contribution in [0.25, 0.3) is 0 Å². The van der Waals surface area contributed by atoms with E-state index in [2.05, 4.69) is 15.1 Å². The van der Waals surface area contributed by atoms with Crippen molar-refractivity contribution in [3.8, 4) is 0 Å². The highest BCUT2D eigenvalue weighted by Gasteiger charge is 2.36. The Kier molecular flexibility index (Phi) is 4.45. The molecule has 2 aromatic rings. The minimum Gasteiger partial charge on any atom is -0.372 e. The molecule has 0 spiro atoms. The van der Waals surface area contributed by atoms with Crippen LogP contribution in [0.1, 0.15) is 17.5 Å². The Balaban J connectivity index is 1.48. The fourth-order valence-corrected chi connectivity index (χ4v) is 3.32. The summed E-state index contributed by atoms with van der Waals surface area (Å²) in [6.07, 6.45) is 2.70. The standard InChI is InChI=1S/C19H18N4O3/c24-23(25)16-8-4-7-15(9-16)19-21-20-11-17-10-18(12-22(17)19)26-13-14-5-2-1-3-6-14/h1-9,11,17-18H,10,12-13H2/t17-,18+/m0/s1. The summed E-state index contributed by atoms with van der Waals surface area (Å²) in [6, 6.07) is 16.7. The molecule has 0 bridgehead atoms. The molecule has 2 aliphatic rings. The van der Waals surface area contributed by atoms with Crippen molar-refractivity contribution in [3.63, 3.8) is 0 Å². The molecule has 7 nitrogen and oxygen atoms in total. The number of nitrogens with zero attached hydrogens (tertiary/aromatic N) is 4. The minimum atomic E-state index is -0.399. The van der Waals surface area contributed by atoms with Gasteiger partial charge in [-0.05, 0) is 5.56 Å². The average Bonchev–Trinajstić information content (AvgIpc) is 3.10. The Morgan fingerprint density at radius 1 is 1.19 bits per heavy atom. The van der Waals surface area contributed by atoms with Crippen LogP contribution < -0.4 is 0 Å². The molecule has 0 N–H and O–H groups in total. The van der Waals surface area contributed by atoms with Gasteiger partial charge < -0.3 is 9.64 Å². The van der Waals surface area contributed by atoms with Gasteiger partial charge in [-0.1, -0.05) is 42.5 Å². The number of ether oxygens (including phenoxy) is 1. The second kappa shape index (κ2) is 7.05. The molecule has 2 aromatic carbocycles. The quantitative estimate of drug-likeness (QED) is 0.613. The third-order valence-corrected chi connectivity index (χ3v) is 4.61. The smallest absolute Gasteiger partial charge is 0.270 e. The van der Waals surface area contributed by atoms with Crippen LogP contribution in [0.5, 0.6) is 0 Å². The van der Waals surface area contributed by atoms with Crippen LogP contribution in [0.3, 0.4) is 0 Å². The van der Waals surface area contributed by atoms with Crippen LogP contribution in [0.4, 0.5) is 5.69 Å². The molecule has 7 heteroatoms. The van der Waals surface area contributed by atoms with Gasteiger partial charge in [-0.15, -0.1) is 5.10 Å². The highest BCUT2D eigenvalue weighted by molar-refractivity contribution is 6.02. The normalized spacial score (nSPS) is 21.4. The number of nitro benzene ring substituents is 1. The first kappa shape index (κ1) is 16.4. The lowest BCUT2D eigenvalue weighted by molar-refractivity contribution is -0.384. The van der Waals surface area contributed by atoms with Gasteiger partial charge in [0.25, 0.3) is 5.69 Å². The van der Waals surface area contributed by atoms with E-state index in [0.29, 0.717) is 24.6 Å². The molecule has 0 aromatic heterocycles. The van der Waals surface area contributed by atoms with Crippen molar-refractivity contribution in [2.45, 2.75) is 25.2 Å². The fourth-order valence-electron chi connectivity index (χ4n) is 3.32. The van der Waals surface area contributed by atoms with Crippen molar-refractivity contribution in [3.05, 3.63) is 75.8 Å². The van der Waals surface area contributed by atoms with Crippen molar-refractivity contribution in [2.75, 3.05) is 6.54 Å². The van der Waals surface area contributed by atoms with Crippen LogP contribution in [-0.2, 0) is 11.3 Å². The molecule has 0 saturated carbocycles. The lowest BCUT2D eigenvalue weighted by Crippen LogP contribution is -2.39. The number of hydrogen-bond acceptors (Lipinski definition) is 6. The van der Waals surface area contributed by atoms with Gasteiger partial charge >= 0.3 is 0 Å². The van der Waals surface area contributed by atoms with Crippen molar-refractivity contribution in [2.24, 2.45) is 10.2 Å². The van der Waals surface area contributed by atoms with Crippen molar-refractivity contribution >= 4 is 17.7 Å². The van der Waals surface area contributed by atoms with Gasteiger partial charge in [-0.25, -0.2) is 0 Å². The van der Waals surface area contributed by atoms with E-state index in [1.807, 2.05) is 42.6 Å². The van der Waals surface area contributed by atoms with Crippen molar-refractivity contribution in [1.29, 1.82) is 0 Å². The van der Waals surface area contributed by atoms with Crippen molar-refractivity contribution in [1.82, 2.24) is 4.90 Å². The zero-order chi connectivity index (χ0) is 17.9. The maximum Gasteiger partial charge on any atom is 0.270 e. The molecule has 1 saturated heterocycles. The van der Waals surface area contributed by atoms with E-state index in [4.69, 9.17) is 4.74 Å². The van der Waals surface area contributed by atoms with Gasteiger partial charge in [0.15, 0.2) is 5.84 Å². The molecule has 26 heavy (non-hydrogen) atoms. The average molecular weight is 350 g/mol. The van der Waals surface area contributed by atoms with E-state index in [0.717, 1.165) is 12.0 Å². The molecule has 132 valence electrons. The Hall–Kier alpha value is -3.06. The summed E-state index contributed by atoms with van der Waals surface area (Å²) in [4.78, 5) is 12.8. The summed E-state index contributed by atoms with van der Waals surface area (Å²) < 4.78 is 6.06. The molecule has 0 aliphatic carbocycles. The zero-order valence-electron chi connectivity index (χ0n) is 14.1. The zero-order valence-corrected chi connectivity index (χ0v) is 14.1. The largest absolute Gasteiger partial charge is 0.372 e. The van der Waals surface area contributed by atoms with Gasteiger partial charge in [0.05, 0.1) is 23.7 Å². The summed E-state index contributed by atoms with van der Waals surface area (Å²) in [5.74, 6) is 0.659. The summed E-state index contributed by atoms with van der Waals surface area (Å²) in [5, 5.41) is 19.4. The molecule has 2 heterocycles. The third kappa shape index (κ3) is 3.34. The van der Waals surface area contributed by atoms with E-state index in [9.17, 15) is 10.1 Å². The maximum atomic E-state index is 11.0. The summed E-state index contributed by atoms with van der Waals surface area (Å²) in [7, 11) is 0. The lowest BCUT2D eigenvalue weighted by atomic mass is 10.1. The SMILES string of the molecule is O=[N+]([O-])c1cccc(C2=NN=C[C@@H]3C[C@@H](OCc4ccccc4)CN23)c1. The monoisotopic (exact) mass is 350 g/mol. The van der Waals surface area contributed by atoms with Gasteiger partial charge in [0.1, 0.15) is 0 Å². The van der Waals surface area contributed by atoms with Gasteiger partial charge in [-0.2, -0.15) is 5.10 Å². The Morgan fingerprint density at radius 3 is 2.85 bits per heavy atom. The highest BCUT2D eigenvalue weighted by Crippen LogP contribution is 2.26. The Morgan fingerprint density at radius 2 is 2.04 bits per heavy atom. The molecule has 4 rings (SSSR count). The van der Waals surface area contributed by atoms with Crippen LogP contribution in [-0.4, -0.2) is 40.6 Å². The highest BCUT2D eigenvalue weighted by atomic mass is 16.6. The number of benzene rings is 2. The number of hydrogen-bond donors (Lipinski definition) is 0. The number of non-ortho nitro benzene ring substituents is 1. The molecule has 0 radical (unpaired) electrons. The first-order valence-electron chi connectivity index (χ1n) is 8.49. The second-order valence-electron chi connectivity index (χ2n) is 6.37. The number of nitro groups is 1. The first-order chi connectivity index (χ1) is 12.7. The van der Waals surface area contributed by atoms with Crippen LogP contribution in [0.2, 0.25) is 0 Å². The molecular formula is C19H18N4O3. The topological polar surface area (TPSA) is 80.3 Å². The van der Waals surface area contributed by atoms with E-state index in [-0.39, 0.29) is 17.8 Å². The number of fused-ring (bicyclic) bond motifs is 1. The predicted octanol–water partition coefficient (Wildman–Crippen LogP) is 3.00. The maximum absolute atomic E-state index is 11.0. The summed E-state index contributed by atoms with van der Waals surface area (Å²) in [5.41, 5.74) is 1.88. The van der Waals surface area contributed by atoms with E-state index < -0.39 is 4.92 Å². The van der Waals surface area contributed by atoms with Crippen LogP contribution >= 0.6 is 0 Å². The van der Waals surface area contributed by atoms with Crippen LogP contribution in [0, 0.1) is 10.1 Å². The molecule has 2 atom stereocenters. The van der Waals surface area contributed by atoms with Gasteiger partial charge in [0.2, 0.25) is 0 Å². The lowest BCUT2D eigenvalue weighted by Gasteiger charge is -2.26. The van der Waals surface area contributed by atoms with E-state index in [1.165, 1.54) is 12.1 Å². The second-order valence-corrected chi connectivity index (χ2v) is 6.37. The third-order valence-electron chi connectivity index (χ3n) is 4.61. The fraction of sp³-hybridized carbons (Fsp3) is 0.263. The molecule has 2 aliphatic heterocycles. The van der Waals surface area contributed by atoms with Gasteiger partial charge in [0, 0.05) is 36.9 Å². The Bertz CT molecular complexity index is 866. The Labute approximate surface area is 150 Å². The summed E-state index contributed by atoms with van der Waals surface area (Å²) in [6.45, 7) is 1.25. The first-order valence-corrected chi connectivity index (χ1v) is 8.49. The summed E-state index contributed by atoms with van der Waals surface area (Å²) >= 11 is 0. The molecule has 1 fully saturated rings. The minimum absolute atomic E-state index is 0.0485. The van der Waals surface area contributed by atoms with Crippen molar-refractivity contribution < 1.29 is 9.66 Å². The van der Waals surface area contributed by atoms with Gasteiger partial charge in [-0.3, -0.25) is 10.1 Å². The molecule has 0 unspecified atom stereocenters. The van der Waals surface area contributed by atoms with Crippen LogP contribution in [0.15, 0.2) is 64.8 Å². The number of rotatable bonds is 5. The number of amidine groups is 1. The molecular weight excluding hydrogens is 332 g/mol. The molecule has 0 amide bonds. The van der Waals surface area contributed by atoms with E-state index >= 15 is 0 Å². The predicted molar refractivity (Wildman–Crippen MR) is 98.3 cm³/mol. The van der Waals surface area contributed by atoms with E-state index in [1.54, 1.807) is 6.07 Å².